The summed E-state index contributed by atoms with van der Waals surface area (Å²) in [6, 6.07) is 0. The van der Waals surface area contributed by atoms with Crippen LogP contribution in [0.4, 0.5) is 0 Å². The molecule has 0 aromatic carbocycles. The lowest BCUT2D eigenvalue weighted by Gasteiger charge is -2.27. The Morgan fingerprint density at radius 2 is 1.58 bits per heavy atom. The molecule has 19 heavy (non-hydrogen) atoms. The molecular weight excluding hydrogens is 262 g/mol. The number of nitrogens with zero attached hydrogens (tertiary/aromatic N) is 1. The SMILES string of the molecule is NCCCCCN([O-])CCCCCCSCC(N)=O. The zero-order valence-corrected chi connectivity index (χ0v) is 12.6. The monoisotopic (exact) mass is 290 g/mol. The number of carbonyl (C=O) groups excluding carboxylic acids is 1. The van der Waals surface area contributed by atoms with E-state index in [0.29, 0.717) is 25.4 Å². The molecule has 0 spiro atoms. The number of hydroxylamine groups is 2. The molecule has 0 bridgehead atoms. The Morgan fingerprint density at radius 3 is 2.16 bits per heavy atom. The van der Waals surface area contributed by atoms with E-state index >= 15 is 0 Å². The Labute approximate surface area is 121 Å². The minimum absolute atomic E-state index is 0.248. The van der Waals surface area contributed by atoms with Crippen LogP contribution in [0, 0.1) is 5.21 Å². The molecule has 0 aliphatic heterocycles. The predicted molar refractivity (Wildman–Crippen MR) is 82.8 cm³/mol. The molecule has 0 aliphatic carbocycles. The van der Waals surface area contributed by atoms with Gasteiger partial charge in [-0.3, -0.25) is 4.79 Å². The number of nitrogens with two attached hydrogens (primary N) is 2. The summed E-state index contributed by atoms with van der Waals surface area (Å²) in [7, 11) is 0. The fourth-order valence-corrected chi connectivity index (χ4v) is 2.49. The molecule has 0 rings (SSSR count). The van der Waals surface area contributed by atoms with Gasteiger partial charge in [0.2, 0.25) is 5.91 Å². The number of carbonyl (C=O) groups is 1. The molecule has 0 aromatic rings. The van der Waals surface area contributed by atoms with Crippen molar-refractivity contribution in [1.29, 1.82) is 0 Å². The van der Waals surface area contributed by atoms with Gasteiger partial charge in [0, 0.05) is 0 Å². The van der Waals surface area contributed by atoms with Crippen LogP contribution in [0.2, 0.25) is 0 Å². The summed E-state index contributed by atoms with van der Waals surface area (Å²) in [6.45, 7) is 1.98. The lowest BCUT2D eigenvalue weighted by atomic mass is 10.2. The summed E-state index contributed by atoms with van der Waals surface area (Å²) in [5.41, 5.74) is 10.4. The Morgan fingerprint density at radius 1 is 1.00 bits per heavy atom. The van der Waals surface area contributed by atoms with E-state index in [1.54, 1.807) is 11.8 Å². The van der Waals surface area contributed by atoms with Crippen LogP contribution in [0.1, 0.15) is 44.9 Å². The van der Waals surface area contributed by atoms with Crippen molar-refractivity contribution >= 4 is 17.7 Å². The molecule has 0 atom stereocenters. The van der Waals surface area contributed by atoms with Crippen molar-refractivity contribution in [3.8, 4) is 0 Å². The smallest absolute Gasteiger partial charge is 0.227 e. The maximum Gasteiger partial charge on any atom is 0.227 e. The van der Waals surface area contributed by atoms with Gasteiger partial charge in [-0.15, -0.1) is 0 Å². The van der Waals surface area contributed by atoms with E-state index < -0.39 is 0 Å². The molecule has 0 heterocycles. The van der Waals surface area contributed by atoms with Crippen molar-refractivity contribution in [3.05, 3.63) is 5.21 Å². The number of hydrogen-bond donors (Lipinski definition) is 2. The van der Waals surface area contributed by atoms with Crippen molar-refractivity contribution in [3.63, 3.8) is 0 Å². The molecule has 0 saturated heterocycles. The molecule has 6 heteroatoms. The average Bonchev–Trinajstić information content (AvgIpc) is 2.37. The second-order valence-electron chi connectivity index (χ2n) is 4.71. The summed E-state index contributed by atoms with van der Waals surface area (Å²) in [5, 5.41) is 12.6. The summed E-state index contributed by atoms with van der Waals surface area (Å²) < 4.78 is 0. The van der Waals surface area contributed by atoms with Crippen LogP contribution in [0.15, 0.2) is 0 Å². The molecule has 0 radical (unpaired) electrons. The Bertz CT molecular complexity index is 218. The van der Waals surface area contributed by atoms with Gasteiger partial charge in [-0.1, -0.05) is 19.3 Å². The number of hydrogen-bond acceptors (Lipinski definition) is 5. The maximum atomic E-state index is 11.4. The average molecular weight is 290 g/mol. The Balaban J connectivity index is 3.14. The molecule has 5 nitrogen and oxygen atoms in total. The molecule has 0 unspecified atom stereocenters. The zero-order chi connectivity index (χ0) is 14.3. The van der Waals surface area contributed by atoms with Crippen LogP contribution in [-0.2, 0) is 4.79 Å². The minimum atomic E-state index is -0.248. The normalized spacial score (nSPS) is 11.1. The second-order valence-corrected chi connectivity index (χ2v) is 5.82. The molecule has 1 amide bonds. The van der Waals surface area contributed by atoms with Crippen molar-refractivity contribution in [2.45, 2.75) is 44.9 Å². The standard InChI is InChI=1S/C13H28N3O2S/c14-8-4-3-6-10-16(18)9-5-1-2-7-11-19-12-13(15)17/h1-12,14H2,(H2,15,17)/q-1. The zero-order valence-electron chi connectivity index (χ0n) is 11.8. The van der Waals surface area contributed by atoms with Gasteiger partial charge in [0.1, 0.15) is 0 Å². The van der Waals surface area contributed by atoms with Crippen molar-refractivity contribution in [2.75, 3.05) is 31.1 Å². The third-order valence-electron chi connectivity index (χ3n) is 2.80. The molecule has 0 fully saturated rings. The second kappa shape index (κ2) is 14.1. The first kappa shape index (κ1) is 18.7. The van der Waals surface area contributed by atoms with E-state index in [-0.39, 0.29) is 5.91 Å². The summed E-state index contributed by atoms with van der Waals surface area (Å²) in [4.78, 5) is 10.5. The Hall–Kier alpha value is -0.300. The third kappa shape index (κ3) is 15.6. The summed E-state index contributed by atoms with van der Waals surface area (Å²) in [6.07, 6.45) is 7.26. The highest BCUT2D eigenvalue weighted by molar-refractivity contribution is 7.99. The number of rotatable bonds is 14. The topological polar surface area (TPSA) is 95.4 Å². The van der Waals surface area contributed by atoms with E-state index in [4.69, 9.17) is 11.5 Å². The van der Waals surface area contributed by atoms with E-state index in [0.717, 1.165) is 50.7 Å². The van der Waals surface area contributed by atoms with Gasteiger partial charge in [-0.05, 0) is 51.1 Å². The maximum absolute atomic E-state index is 11.4. The van der Waals surface area contributed by atoms with Crippen LogP contribution in [0.3, 0.4) is 0 Å². The van der Waals surface area contributed by atoms with E-state index in [1.807, 2.05) is 0 Å². The molecular formula is C13H28N3O2S-. The third-order valence-corrected chi connectivity index (χ3v) is 3.87. The summed E-state index contributed by atoms with van der Waals surface area (Å²) >= 11 is 1.58. The van der Waals surface area contributed by atoms with Crippen LogP contribution >= 0.6 is 11.8 Å². The predicted octanol–water partition coefficient (Wildman–Crippen LogP) is 1.69. The van der Waals surface area contributed by atoms with E-state index in [2.05, 4.69) is 0 Å². The highest BCUT2D eigenvalue weighted by Crippen LogP contribution is 2.08. The molecule has 0 aromatic heterocycles. The van der Waals surface area contributed by atoms with Gasteiger partial charge in [-0.25, -0.2) is 0 Å². The van der Waals surface area contributed by atoms with Crippen LogP contribution in [0.25, 0.3) is 0 Å². The first-order chi connectivity index (χ1) is 9.16. The van der Waals surface area contributed by atoms with Gasteiger partial charge < -0.3 is 21.7 Å². The summed E-state index contributed by atoms with van der Waals surface area (Å²) in [5.74, 6) is 1.14. The van der Waals surface area contributed by atoms with Gasteiger partial charge in [-0.2, -0.15) is 11.8 Å². The van der Waals surface area contributed by atoms with Gasteiger partial charge in [0.15, 0.2) is 0 Å². The van der Waals surface area contributed by atoms with E-state index in [9.17, 15) is 10.0 Å². The largest absolute Gasteiger partial charge is 0.785 e. The van der Waals surface area contributed by atoms with Crippen LogP contribution < -0.4 is 11.5 Å². The molecule has 114 valence electrons. The van der Waals surface area contributed by atoms with Crippen molar-refractivity contribution in [2.24, 2.45) is 11.5 Å². The van der Waals surface area contributed by atoms with Gasteiger partial charge in [0.05, 0.1) is 5.75 Å². The van der Waals surface area contributed by atoms with Crippen LogP contribution in [-0.4, -0.2) is 42.1 Å². The van der Waals surface area contributed by atoms with Gasteiger partial charge in [0.25, 0.3) is 0 Å². The molecule has 0 saturated carbocycles. The molecule has 4 N–H and O–H groups in total. The van der Waals surface area contributed by atoms with Crippen molar-refractivity contribution in [1.82, 2.24) is 5.06 Å². The fourth-order valence-electron chi connectivity index (χ4n) is 1.74. The number of unbranched alkanes of at least 4 members (excludes halogenated alkanes) is 5. The van der Waals surface area contributed by atoms with Gasteiger partial charge >= 0.3 is 0 Å². The van der Waals surface area contributed by atoms with E-state index in [1.165, 1.54) is 5.06 Å². The fraction of sp³-hybridized carbons (Fsp3) is 0.923. The van der Waals surface area contributed by atoms with Crippen molar-refractivity contribution < 1.29 is 4.79 Å². The number of amides is 1. The van der Waals surface area contributed by atoms with Crippen LogP contribution in [0.5, 0.6) is 0 Å². The highest BCUT2D eigenvalue weighted by atomic mass is 32.2. The molecule has 0 aliphatic rings. The lowest BCUT2D eigenvalue weighted by molar-refractivity contribution is -0.115. The number of primary amides is 1. The lowest BCUT2D eigenvalue weighted by Crippen LogP contribution is -2.19. The first-order valence-corrected chi connectivity index (χ1v) is 8.30. The number of thioether (sulfide) groups is 1. The first-order valence-electron chi connectivity index (χ1n) is 7.15. The Kier molecular flexibility index (Phi) is 13.9. The highest BCUT2D eigenvalue weighted by Gasteiger charge is 1.96. The quantitative estimate of drug-likeness (QED) is 0.375. The minimum Gasteiger partial charge on any atom is -0.785 e.